The van der Waals surface area contributed by atoms with E-state index in [9.17, 15) is 4.39 Å². The van der Waals surface area contributed by atoms with Crippen LogP contribution in [0.5, 0.6) is 5.75 Å². The molecule has 0 heterocycles. The van der Waals surface area contributed by atoms with Crippen molar-refractivity contribution >= 4 is 37.5 Å². The van der Waals surface area contributed by atoms with Gasteiger partial charge in [-0.25, -0.2) is 4.39 Å². The molecular formula is C14H12Br2FNO. The fourth-order valence-electron chi connectivity index (χ4n) is 1.69. The molecule has 0 saturated carbocycles. The second-order valence-corrected chi connectivity index (χ2v) is 5.75. The molecule has 0 unspecified atom stereocenters. The third-order valence-corrected chi connectivity index (χ3v) is 3.68. The van der Waals surface area contributed by atoms with Gasteiger partial charge in [-0.3, -0.25) is 0 Å². The topological polar surface area (TPSA) is 21.3 Å². The van der Waals surface area contributed by atoms with Crippen molar-refractivity contribution in [3.63, 3.8) is 0 Å². The van der Waals surface area contributed by atoms with Crippen molar-refractivity contribution in [3.05, 3.63) is 56.7 Å². The zero-order valence-electron chi connectivity index (χ0n) is 10.2. The van der Waals surface area contributed by atoms with Crippen molar-refractivity contribution in [1.29, 1.82) is 0 Å². The maximum atomic E-state index is 13.2. The van der Waals surface area contributed by atoms with Gasteiger partial charge in [-0.05, 0) is 51.8 Å². The SMILES string of the molecule is COc1cc(NCc2cc(F)cc(Br)c2)ccc1Br. The van der Waals surface area contributed by atoms with E-state index in [1.54, 1.807) is 7.11 Å². The highest BCUT2D eigenvalue weighted by atomic mass is 79.9. The molecule has 0 aliphatic carbocycles. The summed E-state index contributed by atoms with van der Waals surface area (Å²) >= 11 is 6.67. The summed E-state index contributed by atoms with van der Waals surface area (Å²) in [6.45, 7) is 0.543. The number of methoxy groups -OCH3 is 1. The Kier molecular flexibility index (Phi) is 4.82. The van der Waals surface area contributed by atoms with Gasteiger partial charge >= 0.3 is 0 Å². The molecule has 0 fully saturated rings. The van der Waals surface area contributed by atoms with E-state index in [1.165, 1.54) is 12.1 Å². The molecular weight excluding hydrogens is 377 g/mol. The Morgan fingerprint density at radius 1 is 1.16 bits per heavy atom. The van der Waals surface area contributed by atoms with Crippen LogP contribution < -0.4 is 10.1 Å². The summed E-state index contributed by atoms with van der Waals surface area (Å²) in [5.41, 5.74) is 1.79. The zero-order chi connectivity index (χ0) is 13.8. The van der Waals surface area contributed by atoms with Crippen molar-refractivity contribution in [2.75, 3.05) is 12.4 Å². The minimum absolute atomic E-state index is 0.250. The first kappa shape index (κ1) is 14.3. The lowest BCUT2D eigenvalue weighted by Crippen LogP contribution is -2.00. The number of nitrogens with one attached hydrogen (secondary N) is 1. The molecule has 0 aliphatic heterocycles. The molecule has 0 aliphatic rings. The van der Waals surface area contributed by atoms with Crippen LogP contribution in [0.15, 0.2) is 45.3 Å². The molecule has 0 atom stereocenters. The van der Waals surface area contributed by atoms with Crippen LogP contribution in [0.3, 0.4) is 0 Å². The first-order chi connectivity index (χ1) is 9.08. The van der Waals surface area contributed by atoms with Crippen molar-refractivity contribution in [3.8, 4) is 5.75 Å². The summed E-state index contributed by atoms with van der Waals surface area (Å²) in [5.74, 6) is 0.505. The first-order valence-electron chi connectivity index (χ1n) is 5.61. The number of rotatable bonds is 4. The second-order valence-electron chi connectivity index (χ2n) is 3.98. The number of hydrogen-bond donors (Lipinski definition) is 1. The quantitative estimate of drug-likeness (QED) is 0.798. The molecule has 0 aromatic heterocycles. The monoisotopic (exact) mass is 387 g/mol. The molecule has 2 aromatic carbocycles. The van der Waals surface area contributed by atoms with Crippen molar-refractivity contribution in [2.24, 2.45) is 0 Å². The van der Waals surface area contributed by atoms with Gasteiger partial charge < -0.3 is 10.1 Å². The van der Waals surface area contributed by atoms with E-state index in [2.05, 4.69) is 37.2 Å². The molecule has 1 N–H and O–H groups in total. The van der Waals surface area contributed by atoms with Crippen LogP contribution in [0.4, 0.5) is 10.1 Å². The zero-order valence-corrected chi connectivity index (χ0v) is 13.4. The molecule has 2 aromatic rings. The van der Waals surface area contributed by atoms with Crippen LogP contribution in [0, 0.1) is 5.82 Å². The molecule has 0 spiro atoms. The number of anilines is 1. The molecule has 19 heavy (non-hydrogen) atoms. The number of hydrogen-bond acceptors (Lipinski definition) is 2. The Morgan fingerprint density at radius 3 is 2.63 bits per heavy atom. The van der Waals surface area contributed by atoms with Gasteiger partial charge in [-0.15, -0.1) is 0 Å². The Hall–Kier alpha value is -1.07. The fourth-order valence-corrected chi connectivity index (χ4v) is 2.61. The lowest BCUT2D eigenvalue weighted by molar-refractivity contribution is 0.412. The predicted octanol–water partition coefficient (Wildman–Crippen LogP) is 4.97. The van der Waals surface area contributed by atoms with Gasteiger partial charge in [0.25, 0.3) is 0 Å². The predicted molar refractivity (Wildman–Crippen MR) is 82.1 cm³/mol. The first-order valence-corrected chi connectivity index (χ1v) is 7.19. The molecule has 0 bridgehead atoms. The van der Waals surface area contributed by atoms with Crippen LogP contribution in [0.1, 0.15) is 5.56 Å². The van der Waals surface area contributed by atoms with Crippen LogP contribution >= 0.6 is 31.9 Å². The summed E-state index contributed by atoms with van der Waals surface area (Å²) in [4.78, 5) is 0. The maximum Gasteiger partial charge on any atom is 0.135 e. The Balaban J connectivity index is 2.10. The maximum absolute atomic E-state index is 13.2. The van der Waals surface area contributed by atoms with E-state index in [4.69, 9.17) is 4.74 Å². The van der Waals surface area contributed by atoms with E-state index in [-0.39, 0.29) is 5.82 Å². The van der Waals surface area contributed by atoms with Gasteiger partial charge in [-0.2, -0.15) is 0 Å². The minimum atomic E-state index is -0.250. The molecule has 100 valence electrons. The standard InChI is InChI=1S/C14H12Br2FNO/c1-19-14-7-12(2-3-13(14)16)18-8-9-4-10(15)6-11(17)5-9/h2-7,18H,8H2,1H3. The highest BCUT2D eigenvalue weighted by Gasteiger charge is 2.03. The summed E-state index contributed by atoms with van der Waals surface area (Å²) < 4.78 is 20.1. The molecule has 0 amide bonds. The van der Waals surface area contributed by atoms with Gasteiger partial charge in [0.1, 0.15) is 11.6 Å². The van der Waals surface area contributed by atoms with Crippen LogP contribution in [-0.4, -0.2) is 7.11 Å². The fraction of sp³-hybridized carbons (Fsp3) is 0.143. The third-order valence-electron chi connectivity index (χ3n) is 2.57. The summed E-state index contributed by atoms with van der Waals surface area (Å²) in [7, 11) is 1.62. The number of halogens is 3. The van der Waals surface area contributed by atoms with Crippen molar-refractivity contribution in [2.45, 2.75) is 6.54 Å². The van der Waals surface area contributed by atoms with Gasteiger partial charge in [0.05, 0.1) is 11.6 Å². The Morgan fingerprint density at radius 2 is 1.95 bits per heavy atom. The smallest absolute Gasteiger partial charge is 0.135 e. The second kappa shape index (κ2) is 6.39. The van der Waals surface area contributed by atoms with Gasteiger partial charge in [-0.1, -0.05) is 15.9 Å². The van der Waals surface area contributed by atoms with E-state index < -0.39 is 0 Å². The minimum Gasteiger partial charge on any atom is -0.495 e. The highest BCUT2D eigenvalue weighted by molar-refractivity contribution is 9.10. The molecule has 2 rings (SSSR count). The lowest BCUT2D eigenvalue weighted by Gasteiger charge is -2.10. The Bertz CT molecular complexity index is 569. The third kappa shape index (κ3) is 3.94. The Labute approximate surface area is 128 Å². The number of benzene rings is 2. The van der Waals surface area contributed by atoms with Gasteiger partial charge in [0.2, 0.25) is 0 Å². The van der Waals surface area contributed by atoms with E-state index in [0.717, 1.165) is 25.9 Å². The molecule has 0 saturated heterocycles. The largest absolute Gasteiger partial charge is 0.495 e. The molecule has 0 radical (unpaired) electrons. The lowest BCUT2D eigenvalue weighted by atomic mass is 10.2. The summed E-state index contributed by atoms with van der Waals surface area (Å²) in [6, 6.07) is 10.5. The summed E-state index contributed by atoms with van der Waals surface area (Å²) in [5, 5.41) is 3.23. The van der Waals surface area contributed by atoms with Crippen molar-refractivity contribution in [1.82, 2.24) is 0 Å². The van der Waals surface area contributed by atoms with E-state index in [0.29, 0.717) is 6.54 Å². The number of ether oxygens (including phenoxy) is 1. The van der Waals surface area contributed by atoms with Crippen molar-refractivity contribution < 1.29 is 9.13 Å². The van der Waals surface area contributed by atoms with Crippen LogP contribution in [-0.2, 0) is 6.54 Å². The molecule has 5 heteroatoms. The van der Waals surface area contributed by atoms with Gasteiger partial charge in [0.15, 0.2) is 0 Å². The van der Waals surface area contributed by atoms with E-state index in [1.807, 2.05) is 24.3 Å². The molecule has 2 nitrogen and oxygen atoms in total. The van der Waals surface area contributed by atoms with Crippen LogP contribution in [0.25, 0.3) is 0 Å². The summed E-state index contributed by atoms with van der Waals surface area (Å²) in [6.07, 6.45) is 0. The average molecular weight is 389 g/mol. The van der Waals surface area contributed by atoms with Gasteiger partial charge in [0, 0.05) is 22.8 Å². The van der Waals surface area contributed by atoms with Crippen LogP contribution in [0.2, 0.25) is 0 Å². The van der Waals surface area contributed by atoms with E-state index >= 15 is 0 Å². The normalized spacial score (nSPS) is 10.3. The highest BCUT2D eigenvalue weighted by Crippen LogP contribution is 2.28. The average Bonchev–Trinajstić information content (AvgIpc) is 2.36.